The number of aryl methyl sites for hydroxylation is 2. The second-order valence-electron chi connectivity index (χ2n) is 23.5. The summed E-state index contributed by atoms with van der Waals surface area (Å²) in [5.41, 5.74) is 2.49. The van der Waals surface area contributed by atoms with Gasteiger partial charge in [0.25, 0.3) is 0 Å². The maximum absolute atomic E-state index is 11.7. The third-order valence-corrected chi connectivity index (χ3v) is 13.6. The molecule has 2 rings (SSSR count). The van der Waals surface area contributed by atoms with Gasteiger partial charge >= 0.3 is 0 Å². The van der Waals surface area contributed by atoms with Crippen molar-refractivity contribution in [3.63, 3.8) is 0 Å². The van der Waals surface area contributed by atoms with Crippen molar-refractivity contribution in [2.24, 2.45) is 81.0 Å². The van der Waals surface area contributed by atoms with Gasteiger partial charge in [-0.25, -0.2) is 9.97 Å². The van der Waals surface area contributed by atoms with Crippen molar-refractivity contribution in [2.45, 2.75) is 215 Å². The number of hydrogen-bond acceptors (Lipinski definition) is 19. The Labute approximate surface area is 534 Å². The first-order valence-corrected chi connectivity index (χ1v) is 32.8. The lowest BCUT2D eigenvalue weighted by molar-refractivity contribution is -0.133. The molecular formula is C67H118N6O10S3. The number of aliphatic imine (C=N–C) groups is 2. The highest BCUT2D eigenvalue weighted by Gasteiger charge is 2.22. The molecule has 0 aliphatic heterocycles. The fraction of sp³-hybridized carbons (Fsp3) is 0.701. The van der Waals surface area contributed by atoms with Crippen LogP contribution in [0.5, 0.6) is 0 Å². The Bertz CT molecular complexity index is 2320. The molecule has 2 heterocycles. The molecule has 0 N–H and O–H groups in total. The molecule has 2 aromatic rings. The van der Waals surface area contributed by atoms with Gasteiger partial charge in [-0.1, -0.05) is 164 Å². The molecule has 494 valence electrons. The van der Waals surface area contributed by atoms with E-state index < -0.39 is 5.92 Å². The zero-order valence-corrected chi connectivity index (χ0v) is 62.2. The van der Waals surface area contributed by atoms with Gasteiger partial charge in [0.15, 0.2) is 34.8 Å². The molecule has 0 saturated carbocycles. The minimum Gasteiger partial charge on any atom is -0.300 e. The number of allylic oxidation sites excluding steroid dienone is 4. The van der Waals surface area contributed by atoms with Crippen molar-refractivity contribution in [2.75, 3.05) is 26.1 Å². The zero-order valence-electron chi connectivity index (χ0n) is 59.8. The van der Waals surface area contributed by atoms with Gasteiger partial charge in [0.05, 0.1) is 23.0 Å². The van der Waals surface area contributed by atoms with Crippen molar-refractivity contribution in [3.05, 3.63) is 39.4 Å². The standard InChI is InChI=1S/C10H14N2OS.C9H13N3OS.C8H14O2.C8H14O.C7H13NO.2C7H14O.C6H12OS.C5H10O/c1-5-8(9(13)6(2)3)10-11-7(4)14-12-10;1-5(2)8(13)7(10-4)9-11-6(3)14-12-9;1-5(2)8(10)6(3)7(4)9;1-5-7(4)8(9)6(2)3;1-5(2)7(9)6(3)8-4;2*1-5(2)7(8)6(3)4;1-5(2)6(7)4-8-3;1-4(2)5(3)6/h5-6H,1-4H3;5H,1-4H3;5-6H,1-4H3;5-6H,1-4H3;5H,1-4H3;2*5-6H,1-4H3;5H,4H2,1-3H3;4H,1-3H3/b8-5+;;;;;;;;. The Morgan fingerprint density at radius 2 is 0.767 bits per heavy atom. The molecular weight excluding hydrogens is 1140 g/mol. The topological polar surface area (TPSA) is 247 Å². The molecule has 0 aliphatic rings. The lowest BCUT2D eigenvalue weighted by Gasteiger charge is -2.08. The largest absolute Gasteiger partial charge is 0.300 e. The molecule has 16 nitrogen and oxygen atoms in total. The number of nitrogens with zero attached hydrogens (tertiary/aromatic N) is 6. The lowest BCUT2D eigenvalue weighted by Crippen LogP contribution is -2.22. The highest BCUT2D eigenvalue weighted by Crippen LogP contribution is 2.18. The number of ketones is 10. The average Bonchev–Trinajstić information content (AvgIpc) is 4.07. The van der Waals surface area contributed by atoms with Crippen LogP contribution in [0.1, 0.15) is 222 Å². The summed E-state index contributed by atoms with van der Waals surface area (Å²) in [7, 11) is 3.22. The van der Waals surface area contributed by atoms with Gasteiger partial charge in [-0.15, -0.1) is 0 Å². The minimum atomic E-state index is -0.417. The Morgan fingerprint density at radius 3 is 0.919 bits per heavy atom. The number of rotatable bonds is 21. The SMILES string of the molecule is C/C=C(\C(=O)C(C)C)c1nsc(C)n1.CC(=O)C(C)C.CC(=O)C(C)C(=O)C(C)C.CC(C)C(=O)C(C)C.CC(C)C(=O)C(C)C.CC=C(C)C(=O)C(C)C.CN=C(C(=O)C(C)C)c1nsc(C)n1.CN=C(C)C(=O)C(C)C.CSCC(=O)C(C)C. The third-order valence-electron chi connectivity index (χ3n) is 11.8. The van der Waals surface area contributed by atoms with Gasteiger partial charge < -0.3 is 0 Å². The maximum Gasteiger partial charge on any atom is 0.194 e. The predicted molar refractivity (Wildman–Crippen MR) is 366 cm³/mol. The molecule has 0 aromatic carbocycles. The van der Waals surface area contributed by atoms with Crippen LogP contribution in [-0.2, 0) is 47.9 Å². The molecule has 0 bridgehead atoms. The molecule has 0 fully saturated rings. The van der Waals surface area contributed by atoms with E-state index in [9.17, 15) is 47.9 Å². The highest BCUT2D eigenvalue weighted by molar-refractivity contribution is 7.99. The molecule has 0 aliphatic carbocycles. The van der Waals surface area contributed by atoms with E-state index in [1.807, 2.05) is 199 Å². The summed E-state index contributed by atoms with van der Waals surface area (Å²) >= 11 is 4.19. The summed E-state index contributed by atoms with van der Waals surface area (Å²) in [6, 6.07) is 0. The van der Waals surface area contributed by atoms with Crippen molar-refractivity contribution >= 4 is 110 Å². The van der Waals surface area contributed by atoms with Crippen LogP contribution in [0.3, 0.4) is 0 Å². The van der Waals surface area contributed by atoms with Gasteiger partial charge in [-0.3, -0.25) is 57.9 Å². The summed E-state index contributed by atoms with van der Waals surface area (Å²) in [6.45, 7) is 57.5. The first-order chi connectivity index (χ1) is 39.2. The molecule has 0 radical (unpaired) electrons. The van der Waals surface area contributed by atoms with E-state index in [0.29, 0.717) is 51.7 Å². The van der Waals surface area contributed by atoms with Crippen molar-refractivity contribution in [1.82, 2.24) is 18.7 Å². The second-order valence-corrected chi connectivity index (χ2v) is 26.3. The summed E-state index contributed by atoms with van der Waals surface area (Å²) in [6.07, 6.45) is 5.58. The quantitative estimate of drug-likeness (QED) is 0.0640. The van der Waals surface area contributed by atoms with Crippen molar-refractivity contribution in [1.29, 1.82) is 0 Å². The number of carbonyl (C=O) groups is 10. The summed E-state index contributed by atoms with van der Waals surface area (Å²) in [4.78, 5) is 126. The summed E-state index contributed by atoms with van der Waals surface area (Å²) < 4.78 is 8.20. The summed E-state index contributed by atoms with van der Waals surface area (Å²) in [5.74, 6) is 4.39. The van der Waals surface area contributed by atoms with Crippen LogP contribution in [0, 0.1) is 84.9 Å². The van der Waals surface area contributed by atoms with Crippen molar-refractivity contribution in [3.8, 4) is 0 Å². The maximum atomic E-state index is 11.7. The van der Waals surface area contributed by atoms with Crippen LogP contribution in [0.4, 0.5) is 0 Å². The molecule has 1 atom stereocenters. The number of carbonyl (C=O) groups excluding carboxylic acids is 10. The predicted octanol–water partition coefficient (Wildman–Crippen LogP) is 15.4. The monoisotopic (exact) mass is 1260 g/mol. The van der Waals surface area contributed by atoms with Gasteiger partial charge in [-0.05, 0) is 97.2 Å². The molecule has 19 heteroatoms. The number of thioether (sulfide) groups is 1. The zero-order chi connectivity index (χ0) is 69.8. The Balaban J connectivity index is -0.000000165. The van der Waals surface area contributed by atoms with Gasteiger partial charge in [0.2, 0.25) is 0 Å². The first-order valence-electron chi connectivity index (χ1n) is 29.8. The summed E-state index contributed by atoms with van der Waals surface area (Å²) in [5, 5.41) is 1.73. The molecule has 0 amide bonds. The third kappa shape index (κ3) is 48.1. The Hall–Kier alpha value is -5.01. The highest BCUT2D eigenvalue weighted by atomic mass is 32.2. The van der Waals surface area contributed by atoms with Gasteiger partial charge in [0.1, 0.15) is 50.4 Å². The van der Waals surface area contributed by atoms with Crippen LogP contribution in [0.2, 0.25) is 0 Å². The smallest absolute Gasteiger partial charge is 0.194 e. The van der Waals surface area contributed by atoms with Crippen LogP contribution in [0.15, 0.2) is 27.7 Å². The van der Waals surface area contributed by atoms with E-state index in [-0.39, 0.29) is 106 Å². The van der Waals surface area contributed by atoms with Crippen LogP contribution in [0.25, 0.3) is 5.57 Å². The van der Waals surface area contributed by atoms with Crippen LogP contribution in [-0.4, -0.2) is 114 Å². The number of aromatic nitrogens is 4. The van der Waals surface area contributed by atoms with E-state index >= 15 is 0 Å². The molecule has 1 unspecified atom stereocenters. The Morgan fingerprint density at radius 1 is 0.430 bits per heavy atom. The molecule has 86 heavy (non-hydrogen) atoms. The van der Waals surface area contributed by atoms with Gasteiger partial charge in [-0.2, -0.15) is 20.5 Å². The number of hydrogen-bond donors (Lipinski definition) is 0. The normalized spacial score (nSPS) is 11.7. The van der Waals surface area contributed by atoms with Gasteiger partial charge in [0, 0.05) is 79.2 Å². The van der Waals surface area contributed by atoms with E-state index in [1.54, 1.807) is 52.7 Å². The molecule has 2 aromatic heterocycles. The second kappa shape index (κ2) is 53.1. The van der Waals surface area contributed by atoms with Crippen molar-refractivity contribution < 1.29 is 47.9 Å². The van der Waals surface area contributed by atoms with Crippen LogP contribution >= 0.6 is 34.8 Å². The average molecular weight is 1260 g/mol. The van der Waals surface area contributed by atoms with E-state index in [1.165, 1.54) is 30.0 Å². The fourth-order valence-corrected chi connectivity index (χ4v) is 7.13. The molecule has 0 saturated heterocycles. The minimum absolute atomic E-state index is 0.00898. The first kappa shape index (κ1) is 94.7. The van der Waals surface area contributed by atoms with Crippen LogP contribution < -0.4 is 0 Å². The van der Waals surface area contributed by atoms with E-state index in [2.05, 4.69) is 28.7 Å². The van der Waals surface area contributed by atoms with E-state index in [4.69, 9.17) is 0 Å². The number of Topliss-reactive ketones (excluding diaryl/α,β-unsaturated/α-hetero) is 10. The molecule has 0 spiro atoms. The Kier molecular flexibility index (Phi) is 58.4. The van der Waals surface area contributed by atoms with E-state index in [0.717, 1.165) is 15.6 Å². The fourth-order valence-electron chi connectivity index (χ4n) is 5.56. The lowest BCUT2D eigenvalue weighted by atomic mass is 9.94.